The zero-order valence-corrected chi connectivity index (χ0v) is 31.4. The molecule has 0 aliphatic carbocycles. The summed E-state index contributed by atoms with van der Waals surface area (Å²) in [5.74, 6) is -0.184. The van der Waals surface area contributed by atoms with Crippen LogP contribution in [0, 0.1) is 17.8 Å². The van der Waals surface area contributed by atoms with Crippen LogP contribution in [-0.2, 0) is 47.4 Å². The monoisotopic (exact) mass is 683 g/mol. The number of ether oxygens (including phenoxy) is 10. The molecule has 0 saturated carbocycles. The smallest absolute Gasteiger partial charge is 0.147 e. The van der Waals surface area contributed by atoms with Crippen molar-refractivity contribution >= 4 is 0 Å². The third-order valence-electron chi connectivity index (χ3n) is 8.28. The highest BCUT2D eigenvalue weighted by atomic mass is 16.7. The lowest BCUT2D eigenvalue weighted by Crippen LogP contribution is -2.29. The molecule has 0 aromatic carbocycles. The average molecular weight is 683 g/mol. The SMILES string of the molecule is CCC(CC)OCOCC(COCOC(CC)CC)COCC(CO)COCC(COCOC(CC)CC)COCOC(CC)CC. The van der Waals surface area contributed by atoms with Crippen molar-refractivity contribution in [1.82, 2.24) is 0 Å². The standard InChI is InChI=1S/C36H74O11/c1-9-33(10-2)44-26-40-22-31(23-41-27-45-34(11-3)12-4)20-38-18-30(17-37)19-39-21-32(24-42-28-46-35(13-5)14-6)25-43-29-47-36(15-7)16-8/h30-37H,9-29H2,1-8H3. The average Bonchev–Trinajstić information content (AvgIpc) is 3.10. The Hall–Kier alpha value is -0.440. The highest BCUT2D eigenvalue weighted by molar-refractivity contribution is 4.62. The Balaban J connectivity index is 4.79. The maximum Gasteiger partial charge on any atom is 0.147 e. The molecule has 0 atom stereocenters. The van der Waals surface area contributed by atoms with E-state index in [0.717, 1.165) is 51.4 Å². The first kappa shape index (κ1) is 46.6. The second kappa shape index (κ2) is 34.0. The summed E-state index contributed by atoms with van der Waals surface area (Å²) < 4.78 is 58.5. The number of aliphatic hydroxyl groups excluding tert-OH is 1. The van der Waals surface area contributed by atoms with Crippen molar-refractivity contribution in [1.29, 1.82) is 0 Å². The van der Waals surface area contributed by atoms with Crippen LogP contribution in [0.15, 0.2) is 0 Å². The molecule has 0 spiro atoms. The molecule has 0 radical (unpaired) electrons. The second-order valence-corrected chi connectivity index (χ2v) is 12.2. The Kier molecular flexibility index (Phi) is 33.7. The topological polar surface area (TPSA) is 113 Å². The Bertz CT molecular complexity index is 524. The van der Waals surface area contributed by atoms with E-state index in [9.17, 15) is 5.11 Å². The van der Waals surface area contributed by atoms with Gasteiger partial charge in [0.1, 0.15) is 27.2 Å². The van der Waals surface area contributed by atoms with E-state index in [1.807, 2.05) is 0 Å². The van der Waals surface area contributed by atoms with E-state index in [2.05, 4.69) is 55.4 Å². The molecule has 0 aliphatic heterocycles. The largest absolute Gasteiger partial charge is 0.396 e. The number of hydrogen-bond acceptors (Lipinski definition) is 11. The molecule has 0 saturated heterocycles. The van der Waals surface area contributed by atoms with Gasteiger partial charge in [0.15, 0.2) is 0 Å². The van der Waals surface area contributed by atoms with E-state index < -0.39 is 0 Å². The Morgan fingerprint density at radius 2 is 0.532 bits per heavy atom. The van der Waals surface area contributed by atoms with Gasteiger partial charge in [-0.15, -0.1) is 0 Å². The quantitative estimate of drug-likeness (QED) is 0.0567. The van der Waals surface area contributed by atoms with Crippen LogP contribution in [-0.4, -0.2) is 116 Å². The maximum atomic E-state index is 10.0. The zero-order valence-electron chi connectivity index (χ0n) is 31.4. The summed E-state index contributed by atoms with van der Waals surface area (Å²) in [6.07, 6.45) is 8.41. The minimum atomic E-state index is -0.173. The first-order valence-corrected chi connectivity index (χ1v) is 18.5. The summed E-state index contributed by atoms with van der Waals surface area (Å²) in [5, 5.41) is 10.0. The summed E-state index contributed by atoms with van der Waals surface area (Å²) in [6, 6.07) is 0. The van der Waals surface area contributed by atoms with Crippen LogP contribution in [0.25, 0.3) is 0 Å². The number of hydrogen-bond donors (Lipinski definition) is 1. The summed E-state index contributed by atoms with van der Waals surface area (Å²) >= 11 is 0. The predicted molar refractivity (Wildman–Crippen MR) is 184 cm³/mol. The molecule has 0 amide bonds. The second-order valence-electron chi connectivity index (χ2n) is 12.2. The zero-order chi connectivity index (χ0) is 35.0. The van der Waals surface area contributed by atoms with Crippen molar-refractivity contribution in [3.8, 4) is 0 Å². The van der Waals surface area contributed by atoms with Crippen molar-refractivity contribution in [2.24, 2.45) is 17.8 Å². The van der Waals surface area contributed by atoms with Crippen molar-refractivity contribution < 1.29 is 52.5 Å². The van der Waals surface area contributed by atoms with Gasteiger partial charge in [0.2, 0.25) is 0 Å². The Morgan fingerprint density at radius 3 is 0.745 bits per heavy atom. The summed E-state index contributed by atoms with van der Waals surface area (Å²) in [4.78, 5) is 0. The van der Waals surface area contributed by atoms with Crippen LogP contribution in [0.4, 0.5) is 0 Å². The molecule has 0 aromatic rings. The van der Waals surface area contributed by atoms with Gasteiger partial charge >= 0.3 is 0 Å². The van der Waals surface area contributed by atoms with Gasteiger partial charge in [-0.05, 0) is 51.4 Å². The fourth-order valence-corrected chi connectivity index (χ4v) is 4.78. The molecule has 1 N–H and O–H groups in total. The molecule has 0 aromatic heterocycles. The molecule has 47 heavy (non-hydrogen) atoms. The third-order valence-corrected chi connectivity index (χ3v) is 8.28. The third kappa shape index (κ3) is 26.1. The van der Waals surface area contributed by atoms with E-state index in [0.29, 0.717) is 52.9 Å². The Labute approximate surface area is 287 Å². The molecule has 0 fully saturated rings. The van der Waals surface area contributed by atoms with Gasteiger partial charge in [0.25, 0.3) is 0 Å². The number of aliphatic hydroxyl groups is 1. The highest BCUT2D eigenvalue weighted by Crippen LogP contribution is 2.10. The molecule has 11 nitrogen and oxygen atoms in total. The van der Waals surface area contributed by atoms with E-state index in [-0.39, 0.29) is 75.9 Å². The molecule has 0 heterocycles. The van der Waals surface area contributed by atoms with E-state index in [1.165, 1.54) is 0 Å². The van der Waals surface area contributed by atoms with Gasteiger partial charge in [0, 0.05) is 17.8 Å². The van der Waals surface area contributed by atoms with Gasteiger partial charge in [-0.1, -0.05) is 55.4 Å². The molecule has 0 rings (SSSR count). The van der Waals surface area contributed by atoms with Crippen LogP contribution in [0.1, 0.15) is 107 Å². The van der Waals surface area contributed by atoms with Crippen LogP contribution < -0.4 is 0 Å². The molecular weight excluding hydrogens is 608 g/mol. The van der Waals surface area contributed by atoms with Crippen LogP contribution in [0.5, 0.6) is 0 Å². The summed E-state index contributed by atoms with van der Waals surface area (Å²) in [7, 11) is 0. The normalized spacial score (nSPS) is 12.5. The van der Waals surface area contributed by atoms with Gasteiger partial charge in [0.05, 0.1) is 83.9 Å². The fourth-order valence-electron chi connectivity index (χ4n) is 4.78. The highest BCUT2D eigenvalue weighted by Gasteiger charge is 2.17. The van der Waals surface area contributed by atoms with Crippen molar-refractivity contribution in [2.75, 3.05) is 86.6 Å². The van der Waals surface area contributed by atoms with Crippen molar-refractivity contribution in [3.63, 3.8) is 0 Å². The van der Waals surface area contributed by atoms with Crippen LogP contribution >= 0.6 is 0 Å². The van der Waals surface area contributed by atoms with Crippen molar-refractivity contribution in [3.05, 3.63) is 0 Å². The first-order valence-electron chi connectivity index (χ1n) is 18.5. The van der Waals surface area contributed by atoms with Crippen LogP contribution in [0.3, 0.4) is 0 Å². The predicted octanol–water partition coefficient (Wildman–Crippen LogP) is 6.58. The molecule has 0 aliphatic rings. The minimum absolute atomic E-state index is 0.00555. The maximum absolute atomic E-state index is 10.0. The lowest BCUT2D eigenvalue weighted by molar-refractivity contribution is -0.133. The van der Waals surface area contributed by atoms with Gasteiger partial charge in [-0.2, -0.15) is 0 Å². The summed E-state index contributed by atoms with van der Waals surface area (Å²) in [5.41, 5.74) is 0. The molecular formula is C36H74O11. The first-order chi connectivity index (χ1) is 22.9. The van der Waals surface area contributed by atoms with E-state index >= 15 is 0 Å². The van der Waals surface area contributed by atoms with Crippen molar-refractivity contribution in [2.45, 2.75) is 131 Å². The van der Waals surface area contributed by atoms with Gasteiger partial charge < -0.3 is 52.5 Å². The lowest BCUT2D eigenvalue weighted by Gasteiger charge is -2.23. The molecule has 11 heteroatoms. The van der Waals surface area contributed by atoms with E-state index in [1.54, 1.807) is 0 Å². The molecule has 0 unspecified atom stereocenters. The lowest BCUT2D eigenvalue weighted by atomic mass is 10.1. The molecule has 284 valence electrons. The fraction of sp³-hybridized carbons (Fsp3) is 1.00. The number of rotatable bonds is 37. The Morgan fingerprint density at radius 1 is 0.319 bits per heavy atom. The summed E-state index contributed by atoms with van der Waals surface area (Å²) in [6.45, 7) is 21.1. The van der Waals surface area contributed by atoms with Gasteiger partial charge in [-0.3, -0.25) is 0 Å². The van der Waals surface area contributed by atoms with E-state index in [4.69, 9.17) is 47.4 Å². The molecule has 0 bridgehead atoms. The minimum Gasteiger partial charge on any atom is -0.396 e. The van der Waals surface area contributed by atoms with Gasteiger partial charge in [-0.25, -0.2) is 0 Å². The van der Waals surface area contributed by atoms with Crippen LogP contribution in [0.2, 0.25) is 0 Å².